The number of aromatic nitrogens is 4. The lowest BCUT2D eigenvalue weighted by Gasteiger charge is -2.05. The van der Waals surface area contributed by atoms with Gasteiger partial charge in [0.05, 0.1) is 4.90 Å². The fourth-order valence-corrected chi connectivity index (χ4v) is 3.80. The molecule has 0 aliphatic heterocycles. The van der Waals surface area contributed by atoms with Crippen LogP contribution in [0.25, 0.3) is 5.65 Å². The molecule has 0 unspecified atom stereocenters. The summed E-state index contributed by atoms with van der Waals surface area (Å²) < 4.78 is 27.4. The largest absolute Gasteiger partial charge is 0.370 e. The molecule has 0 bridgehead atoms. The minimum atomic E-state index is -3.77. The molecule has 0 radical (unpaired) electrons. The third-order valence-corrected chi connectivity index (χ3v) is 5.08. The van der Waals surface area contributed by atoms with Crippen molar-refractivity contribution in [2.75, 3.05) is 12.4 Å². The topological polar surface area (TPSA) is 89.2 Å². The number of hydrogen-bond acceptors (Lipinski definition) is 6. The predicted molar refractivity (Wildman–Crippen MR) is 81.7 cm³/mol. The van der Waals surface area contributed by atoms with Gasteiger partial charge in [-0.15, -0.1) is 5.10 Å². The molecule has 0 fully saturated rings. The Labute approximate surface area is 128 Å². The number of nitrogens with one attached hydrogen (secondary N) is 1. The molecule has 7 nitrogen and oxygen atoms in total. The molecule has 0 aliphatic carbocycles. The van der Waals surface area contributed by atoms with Crippen LogP contribution in [0.5, 0.6) is 0 Å². The molecule has 114 valence electrons. The van der Waals surface area contributed by atoms with E-state index in [1.165, 1.54) is 23.0 Å². The van der Waals surface area contributed by atoms with Crippen LogP contribution in [-0.4, -0.2) is 35.0 Å². The molecule has 8 heteroatoms. The van der Waals surface area contributed by atoms with Crippen molar-refractivity contribution in [1.82, 2.24) is 19.6 Å². The van der Waals surface area contributed by atoms with Gasteiger partial charge in [-0.3, -0.25) is 4.98 Å². The van der Waals surface area contributed by atoms with E-state index in [2.05, 4.69) is 20.4 Å². The predicted octanol–water partition coefficient (Wildman–Crippen LogP) is 1.62. The van der Waals surface area contributed by atoms with Crippen LogP contribution in [0, 0.1) is 13.8 Å². The molecule has 3 aromatic rings. The van der Waals surface area contributed by atoms with Crippen LogP contribution in [0.1, 0.15) is 11.4 Å². The minimum Gasteiger partial charge on any atom is -0.370 e. The Morgan fingerprint density at radius 2 is 2.05 bits per heavy atom. The summed E-state index contributed by atoms with van der Waals surface area (Å²) in [5.74, 6) is 0.269. The summed E-state index contributed by atoms with van der Waals surface area (Å²) in [6.07, 6.45) is 2.85. The van der Waals surface area contributed by atoms with E-state index in [-0.39, 0.29) is 15.6 Å². The summed E-state index contributed by atoms with van der Waals surface area (Å²) in [4.78, 5) is 8.42. The van der Waals surface area contributed by atoms with Gasteiger partial charge in [0.1, 0.15) is 0 Å². The fraction of sp³-hybridized carbons (Fsp3) is 0.214. The number of aryl methyl sites for hydroxylation is 2. The first-order valence-corrected chi connectivity index (χ1v) is 8.13. The third-order valence-electron chi connectivity index (χ3n) is 3.30. The minimum absolute atomic E-state index is 0.0646. The highest BCUT2D eigenvalue weighted by Gasteiger charge is 2.29. The van der Waals surface area contributed by atoms with E-state index in [1.807, 2.05) is 19.9 Å². The monoisotopic (exact) mass is 317 g/mol. The van der Waals surface area contributed by atoms with Crippen LogP contribution in [0.4, 0.5) is 5.82 Å². The van der Waals surface area contributed by atoms with Gasteiger partial charge in [-0.05, 0) is 32.0 Å². The lowest BCUT2D eigenvalue weighted by Crippen LogP contribution is -2.06. The second-order valence-electron chi connectivity index (χ2n) is 4.89. The van der Waals surface area contributed by atoms with E-state index >= 15 is 0 Å². The summed E-state index contributed by atoms with van der Waals surface area (Å²) in [7, 11) is -2.14. The van der Waals surface area contributed by atoms with Crippen LogP contribution < -0.4 is 5.32 Å². The maximum absolute atomic E-state index is 12.9. The molecule has 3 heterocycles. The molecule has 22 heavy (non-hydrogen) atoms. The summed E-state index contributed by atoms with van der Waals surface area (Å²) >= 11 is 0. The lowest BCUT2D eigenvalue weighted by molar-refractivity contribution is 0.596. The number of nitrogens with zero attached hydrogens (tertiary/aromatic N) is 4. The van der Waals surface area contributed by atoms with Crippen molar-refractivity contribution in [2.24, 2.45) is 0 Å². The summed E-state index contributed by atoms with van der Waals surface area (Å²) in [6.45, 7) is 3.67. The average Bonchev–Trinajstić information content (AvgIpc) is 2.87. The SMILES string of the molecule is CNc1nn2c(C)cc(C)nc2c1S(=O)(=O)c1cccnc1. The number of sulfone groups is 1. The first kappa shape index (κ1) is 14.5. The van der Waals surface area contributed by atoms with E-state index in [1.54, 1.807) is 13.1 Å². The second kappa shape index (κ2) is 5.06. The zero-order valence-electron chi connectivity index (χ0n) is 12.4. The van der Waals surface area contributed by atoms with Crippen LogP contribution in [0.2, 0.25) is 0 Å². The van der Waals surface area contributed by atoms with Crippen molar-refractivity contribution in [1.29, 1.82) is 0 Å². The average molecular weight is 317 g/mol. The van der Waals surface area contributed by atoms with Crippen LogP contribution in [-0.2, 0) is 9.84 Å². The lowest BCUT2D eigenvalue weighted by atomic mass is 10.3. The van der Waals surface area contributed by atoms with Crippen molar-refractivity contribution in [3.05, 3.63) is 42.0 Å². The van der Waals surface area contributed by atoms with Gasteiger partial charge in [0.2, 0.25) is 9.84 Å². The molecule has 0 aromatic carbocycles. The van der Waals surface area contributed by atoms with Gasteiger partial charge in [0, 0.05) is 30.8 Å². The molecular weight excluding hydrogens is 302 g/mol. The third kappa shape index (κ3) is 2.12. The van der Waals surface area contributed by atoms with Crippen molar-refractivity contribution in [2.45, 2.75) is 23.6 Å². The summed E-state index contributed by atoms with van der Waals surface area (Å²) in [6, 6.07) is 4.94. The van der Waals surface area contributed by atoms with Crippen molar-refractivity contribution in [3.63, 3.8) is 0 Å². The number of pyridine rings is 1. The van der Waals surface area contributed by atoms with Crippen LogP contribution in [0.3, 0.4) is 0 Å². The molecule has 0 spiro atoms. The van der Waals surface area contributed by atoms with Crippen molar-refractivity contribution < 1.29 is 8.42 Å². The molecule has 3 aromatic heterocycles. The van der Waals surface area contributed by atoms with E-state index in [4.69, 9.17) is 0 Å². The Bertz CT molecular complexity index is 948. The zero-order chi connectivity index (χ0) is 15.9. The summed E-state index contributed by atoms with van der Waals surface area (Å²) in [5.41, 5.74) is 1.85. The van der Waals surface area contributed by atoms with Gasteiger partial charge < -0.3 is 5.32 Å². The molecule has 0 aliphatic rings. The Kier molecular flexibility index (Phi) is 3.32. The highest BCUT2D eigenvalue weighted by molar-refractivity contribution is 7.91. The summed E-state index contributed by atoms with van der Waals surface area (Å²) in [5, 5.41) is 7.14. The van der Waals surface area contributed by atoms with Crippen LogP contribution in [0.15, 0.2) is 40.4 Å². The van der Waals surface area contributed by atoms with E-state index < -0.39 is 9.84 Å². The number of anilines is 1. The van der Waals surface area contributed by atoms with Gasteiger partial charge in [-0.1, -0.05) is 0 Å². The van der Waals surface area contributed by atoms with Crippen molar-refractivity contribution in [3.8, 4) is 0 Å². The maximum Gasteiger partial charge on any atom is 0.215 e. The Morgan fingerprint density at radius 3 is 2.68 bits per heavy atom. The van der Waals surface area contributed by atoms with Crippen molar-refractivity contribution >= 4 is 21.3 Å². The van der Waals surface area contributed by atoms with Crippen LogP contribution >= 0.6 is 0 Å². The highest BCUT2D eigenvalue weighted by Crippen LogP contribution is 2.30. The Balaban J connectivity index is 2.40. The molecule has 0 saturated heterocycles. The van der Waals surface area contributed by atoms with E-state index in [0.29, 0.717) is 5.65 Å². The molecule has 0 saturated carbocycles. The molecular formula is C14H15N5O2S. The number of hydrogen-bond donors (Lipinski definition) is 1. The normalized spacial score (nSPS) is 11.8. The van der Waals surface area contributed by atoms with Gasteiger partial charge in [0.25, 0.3) is 0 Å². The fourth-order valence-electron chi connectivity index (χ4n) is 2.34. The molecule has 1 N–H and O–H groups in total. The smallest absolute Gasteiger partial charge is 0.215 e. The van der Waals surface area contributed by atoms with E-state index in [9.17, 15) is 8.42 Å². The van der Waals surface area contributed by atoms with Gasteiger partial charge in [0.15, 0.2) is 16.4 Å². The zero-order valence-corrected chi connectivity index (χ0v) is 13.2. The van der Waals surface area contributed by atoms with E-state index in [0.717, 1.165) is 11.4 Å². The number of fused-ring (bicyclic) bond motifs is 1. The standard InChI is InChI=1S/C14H15N5O2S/c1-9-7-10(2)19-14(17-9)12(13(15-3)18-19)22(20,21)11-5-4-6-16-8-11/h4-8H,1-3H3,(H,15,18). The molecule has 0 amide bonds. The second-order valence-corrected chi connectivity index (χ2v) is 6.78. The van der Waals surface area contributed by atoms with Gasteiger partial charge >= 0.3 is 0 Å². The quantitative estimate of drug-likeness (QED) is 0.789. The molecule has 3 rings (SSSR count). The Morgan fingerprint density at radius 1 is 1.27 bits per heavy atom. The van der Waals surface area contributed by atoms with Gasteiger partial charge in [-0.25, -0.2) is 17.9 Å². The maximum atomic E-state index is 12.9. The molecule has 0 atom stereocenters. The van der Waals surface area contributed by atoms with Gasteiger partial charge in [-0.2, -0.15) is 0 Å². The first-order chi connectivity index (χ1) is 10.4. The first-order valence-electron chi connectivity index (χ1n) is 6.65. The number of rotatable bonds is 3. The Hall–Kier alpha value is -2.48. The highest BCUT2D eigenvalue weighted by atomic mass is 32.2.